The summed E-state index contributed by atoms with van der Waals surface area (Å²) >= 11 is 0. The monoisotopic (exact) mass is 452 g/mol. The Labute approximate surface area is 192 Å². The molecule has 176 valence electrons. The fourth-order valence-corrected chi connectivity index (χ4v) is 5.53. The van der Waals surface area contributed by atoms with E-state index in [0.717, 1.165) is 44.9 Å². The number of nitrogens with zero attached hydrogens (tertiary/aromatic N) is 3. The Morgan fingerprint density at radius 2 is 1.39 bits per heavy atom. The molecule has 2 aromatic rings. The molecular weight excluding hydrogens is 420 g/mol. The lowest BCUT2D eigenvalue weighted by Crippen LogP contribution is -2.53. The van der Waals surface area contributed by atoms with Crippen molar-refractivity contribution >= 4 is 22.7 Å². The molecule has 0 atom stereocenters. The van der Waals surface area contributed by atoms with Crippen LogP contribution in [0.3, 0.4) is 0 Å². The number of para-hydroxylation sites is 1. The molecule has 2 saturated carbocycles. The quantitative estimate of drug-likeness (QED) is 0.767. The maximum atomic E-state index is 13.1. The van der Waals surface area contributed by atoms with E-state index >= 15 is 0 Å². The molecule has 0 spiro atoms. The van der Waals surface area contributed by atoms with Crippen LogP contribution in [0.1, 0.15) is 44.9 Å². The van der Waals surface area contributed by atoms with Gasteiger partial charge in [-0.2, -0.15) is 0 Å². The van der Waals surface area contributed by atoms with Crippen molar-refractivity contribution in [1.29, 1.82) is 0 Å². The number of piperazine rings is 1. The van der Waals surface area contributed by atoms with E-state index < -0.39 is 0 Å². The van der Waals surface area contributed by atoms with Gasteiger partial charge < -0.3 is 14.8 Å². The van der Waals surface area contributed by atoms with Crippen LogP contribution >= 0.6 is 0 Å². The number of rotatable bonds is 4. The van der Waals surface area contributed by atoms with E-state index in [4.69, 9.17) is 0 Å². The Kier molecular flexibility index (Phi) is 6.08. The van der Waals surface area contributed by atoms with Crippen molar-refractivity contribution in [3.63, 3.8) is 0 Å². The van der Waals surface area contributed by atoms with Gasteiger partial charge in [-0.15, -0.1) is 0 Å². The molecule has 1 aliphatic heterocycles. The van der Waals surface area contributed by atoms with Crippen molar-refractivity contribution in [2.45, 2.75) is 51.5 Å². The van der Waals surface area contributed by atoms with Crippen LogP contribution in [0.25, 0.3) is 10.9 Å². The Hall–Kier alpha value is -2.90. The van der Waals surface area contributed by atoms with Gasteiger partial charge >= 0.3 is 5.69 Å². The number of carbonyl (C=O) groups is 2. The van der Waals surface area contributed by atoms with E-state index in [9.17, 15) is 19.2 Å². The minimum atomic E-state index is -0.369. The number of benzene rings is 1. The van der Waals surface area contributed by atoms with Crippen LogP contribution in [-0.4, -0.2) is 57.3 Å². The number of hydrogen-bond acceptors (Lipinski definition) is 4. The van der Waals surface area contributed by atoms with E-state index in [1.807, 2.05) is 9.80 Å². The van der Waals surface area contributed by atoms with E-state index in [0.29, 0.717) is 43.6 Å². The number of carbonyl (C=O) groups excluding carboxylic acids is 2. The molecular formula is C25H32N4O4. The summed E-state index contributed by atoms with van der Waals surface area (Å²) in [6, 6.07) is 7.07. The van der Waals surface area contributed by atoms with Gasteiger partial charge in [0, 0.05) is 44.6 Å². The summed E-state index contributed by atoms with van der Waals surface area (Å²) in [7, 11) is 0. The van der Waals surface area contributed by atoms with E-state index in [2.05, 4.69) is 4.98 Å². The highest BCUT2D eigenvalue weighted by Crippen LogP contribution is 2.32. The fraction of sp³-hybridized carbons (Fsp3) is 0.600. The summed E-state index contributed by atoms with van der Waals surface area (Å²) in [5.74, 6) is 0.898. The van der Waals surface area contributed by atoms with E-state index in [1.54, 1.807) is 24.3 Å². The van der Waals surface area contributed by atoms with Gasteiger partial charge in [-0.05, 0) is 56.6 Å². The lowest BCUT2D eigenvalue weighted by atomic mass is 9.81. The molecule has 33 heavy (non-hydrogen) atoms. The first-order valence-electron chi connectivity index (χ1n) is 12.3. The first kappa shape index (κ1) is 21.9. The third-order valence-electron chi connectivity index (χ3n) is 7.88. The molecule has 1 N–H and O–H groups in total. The Bertz CT molecular complexity index is 1150. The number of aromatic amines is 1. The Morgan fingerprint density at radius 3 is 1.97 bits per heavy atom. The second-order valence-electron chi connectivity index (χ2n) is 9.89. The van der Waals surface area contributed by atoms with Crippen LogP contribution in [0, 0.1) is 17.8 Å². The molecule has 1 saturated heterocycles. The van der Waals surface area contributed by atoms with Gasteiger partial charge in [0.05, 0.1) is 10.9 Å². The molecule has 8 nitrogen and oxygen atoms in total. The van der Waals surface area contributed by atoms with Gasteiger partial charge in [0.2, 0.25) is 11.8 Å². The maximum absolute atomic E-state index is 13.1. The third kappa shape index (κ3) is 4.35. The molecule has 5 rings (SSSR count). The van der Waals surface area contributed by atoms with Gasteiger partial charge in [-0.25, -0.2) is 4.79 Å². The molecule has 0 bridgehead atoms. The molecule has 0 radical (unpaired) electrons. The van der Waals surface area contributed by atoms with Crippen LogP contribution < -0.4 is 11.2 Å². The van der Waals surface area contributed by atoms with Gasteiger partial charge in [0.15, 0.2) is 0 Å². The second-order valence-corrected chi connectivity index (χ2v) is 9.89. The van der Waals surface area contributed by atoms with E-state index in [-0.39, 0.29) is 40.8 Å². The number of fused-ring (bicyclic) bond motifs is 1. The normalized spacial score (nSPS) is 24.0. The smallest absolute Gasteiger partial charge is 0.328 e. The largest absolute Gasteiger partial charge is 0.339 e. The summed E-state index contributed by atoms with van der Waals surface area (Å²) in [4.78, 5) is 57.4. The minimum absolute atomic E-state index is 0.00161. The Balaban J connectivity index is 1.14. The number of hydrogen-bond donors (Lipinski definition) is 1. The topological polar surface area (TPSA) is 95.5 Å². The molecule has 2 aliphatic carbocycles. The molecule has 0 unspecified atom stereocenters. The number of nitrogens with one attached hydrogen (secondary N) is 1. The molecule has 1 aromatic heterocycles. The maximum Gasteiger partial charge on any atom is 0.328 e. The highest BCUT2D eigenvalue weighted by molar-refractivity contribution is 5.81. The molecule has 2 heterocycles. The van der Waals surface area contributed by atoms with Gasteiger partial charge in [-0.3, -0.25) is 19.0 Å². The highest BCUT2D eigenvalue weighted by Gasteiger charge is 2.34. The van der Waals surface area contributed by atoms with Crippen LogP contribution in [0.2, 0.25) is 0 Å². The van der Waals surface area contributed by atoms with Crippen molar-refractivity contribution < 1.29 is 9.59 Å². The predicted molar refractivity (Wildman–Crippen MR) is 125 cm³/mol. The first-order valence-corrected chi connectivity index (χ1v) is 12.3. The summed E-state index contributed by atoms with van der Waals surface area (Å²) in [6.07, 6.45) is 6.40. The molecule has 3 aliphatic rings. The summed E-state index contributed by atoms with van der Waals surface area (Å²) < 4.78 is 1.31. The van der Waals surface area contributed by atoms with Crippen molar-refractivity contribution in [2.24, 2.45) is 17.8 Å². The van der Waals surface area contributed by atoms with Crippen molar-refractivity contribution in [3.05, 3.63) is 45.1 Å². The highest BCUT2D eigenvalue weighted by atomic mass is 16.2. The summed E-state index contributed by atoms with van der Waals surface area (Å²) in [6.45, 7) is 2.92. The van der Waals surface area contributed by atoms with Crippen molar-refractivity contribution in [1.82, 2.24) is 19.4 Å². The van der Waals surface area contributed by atoms with Gasteiger partial charge in [0.25, 0.3) is 5.56 Å². The molecule has 8 heteroatoms. The zero-order chi connectivity index (χ0) is 22.9. The van der Waals surface area contributed by atoms with Crippen LogP contribution in [-0.2, 0) is 16.1 Å². The lowest BCUT2D eigenvalue weighted by molar-refractivity contribution is -0.146. The average molecular weight is 453 g/mol. The third-order valence-corrected chi connectivity index (χ3v) is 7.88. The summed E-state index contributed by atoms with van der Waals surface area (Å²) in [5, 5.41) is 0.524. The Morgan fingerprint density at radius 1 is 0.818 bits per heavy atom. The lowest BCUT2D eigenvalue weighted by Gasteiger charge is -2.40. The van der Waals surface area contributed by atoms with Crippen molar-refractivity contribution in [3.8, 4) is 0 Å². The average Bonchev–Trinajstić information content (AvgIpc) is 2.81. The van der Waals surface area contributed by atoms with E-state index in [1.165, 1.54) is 4.57 Å². The number of aromatic nitrogens is 2. The second kappa shape index (κ2) is 9.15. The molecule has 3 fully saturated rings. The summed E-state index contributed by atoms with van der Waals surface area (Å²) in [5.41, 5.74) is -0.0550. The molecule has 2 amide bonds. The number of amides is 2. The fourth-order valence-electron chi connectivity index (χ4n) is 5.53. The van der Waals surface area contributed by atoms with Crippen LogP contribution in [0.15, 0.2) is 33.9 Å². The SMILES string of the molecule is O=C(C1CCC1)N1CCN(C(=O)[C@H]2CC[C@H](Cn3c(=O)[nH]c4ccccc4c3=O)CC2)CC1. The van der Waals surface area contributed by atoms with Gasteiger partial charge in [0.1, 0.15) is 0 Å². The van der Waals surface area contributed by atoms with Gasteiger partial charge in [-0.1, -0.05) is 18.6 Å². The molecule has 1 aromatic carbocycles. The van der Waals surface area contributed by atoms with Crippen LogP contribution in [0.4, 0.5) is 0 Å². The minimum Gasteiger partial charge on any atom is -0.339 e. The van der Waals surface area contributed by atoms with Crippen molar-refractivity contribution in [2.75, 3.05) is 26.2 Å². The zero-order valence-corrected chi connectivity index (χ0v) is 19.0. The van der Waals surface area contributed by atoms with Crippen LogP contribution in [0.5, 0.6) is 0 Å². The standard InChI is InChI=1S/C25H32N4O4/c30-22(18-4-3-5-18)27-12-14-28(15-13-27)23(31)19-10-8-17(9-11-19)16-29-24(32)20-6-1-2-7-21(20)26-25(29)33/h1-2,6-7,17-19H,3-5,8-16H2,(H,26,33)/t17-,19-. The number of H-pyrrole nitrogens is 1. The first-order chi connectivity index (χ1) is 16.0. The zero-order valence-electron chi connectivity index (χ0n) is 19.0. The predicted octanol–water partition coefficient (Wildman–Crippen LogP) is 1.97.